The number of amides is 1. The predicted octanol–water partition coefficient (Wildman–Crippen LogP) is 2.01. The summed E-state index contributed by atoms with van der Waals surface area (Å²) in [5, 5.41) is 9.72. The van der Waals surface area contributed by atoms with E-state index in [1.165, 1.54) is 12.0 Å². The molecule has 1 aromatic carbocycles. The van der Waals surface area contributed by atoms with E-state index in [4.69, 9.17) is 0 Å². The Labute approximate surface area is 133 Å². The Morgan fingerprint density at radius 1 is 1.38 bits per heavy atom. The molecule has 0 saturated heterocycles. The van der Waals surface area contributed by atoms with Crippen LogP contribution in [-0.2, 0) is 16.0 Å². The maximum Gasteiger partial charge on any atom is 0.337 e. The molecule has 0 radical (unpaired) electrons. The molecule has 1 amide bonds. The number of hydrogen-bond donors (Lipinski definition) is 1. The zero-order valence-electron chi connectivity index (χ0n) is 12.4. The number of carbonyl (C=O) groups excluding carboxylic acids is 2. The highest BCUT2D eigenvalue weighted by molar-refractivity contribution is 9.10. The van der Waals surface area contributed by atoms with E-state index >= 15 is 0 Å². The van der Waals surface area contributed by atoms with Crippen molar-refractivity contribution in [2.24, 2.45) is 0 Å². The fourth-order valence-corrected chi connectivity index (χ4v) is 2.48. The van der Waals surface area contributed by atoms with Gasteiger partial charge in [0.15, 0.2) is 0 Å². The first-order valence-corrected chi connectivity index (χ1v) is 7.42. The van der Waals surface area contributed by atoms with Crippen LogP contribution in [0.4, 0.5) is 0 Å². The molecule has 1 aromatic rings. The normalized spacial score (nSPS) is 11.9. The molecule has 0 spiro atoms. The van der Waals surface area contributed by atoms with Crippen molar-refractivity contribution in [1.29, 1.82) is 0 Å². The summed E-state index contributed by atoms with van der Waals surface area (Å²) in [4.78, 5) is 24.3. The molecular weight excluding hydrogens is 338 g/mol. The summed E-state index contributed by atoms with van der Waals surface area (Å²) in [7, 11) is 4.58. The highest BCUT2D eigenvalue weighted by atomic mass is 79.9. The summed E-state index contributed by atoms with van der Waals surface area (Å²) in [6.07, 6.45) is 0.826. The van der Waals surface area contributed by atoms with E-state index in [2.05, 4.69) is 20.7 Å². The van der Waals surface area contributed by atoms with Gasteiger partial charge in [-0.15, -0.1) is 0 Å². The van der Waals surface area contributed by atoms with Crippen molar-refractivity contribution in [1.82, 2.24) is 4.90 Å². The SMILES string of the molecule is COC(=O)c1ccc(CCCC(O)C(=O)N(C)C)c(Br)c1. The molecule has 5 nitrogen and oxygen atoms in total. The molecule has 0 aliphatic rings. The van der Waals surface area contributed by atoms with E-state index in [0.29, 0.717) is 24.8 Å². The van der Waals surface area contributed by atoms with Crippen LogP contribution in [0.25, 0.3) is 0 Å². The zero-order chi connectivity index (χ0) is 16.0. The van der Waals surface area contributed by atoms with Gasteiger partial charge in [0.1, 0.15) is 6.10 Å². The Balaban J connectivity index is 2.57. The third kappa shape index (κ3) is 5.13. The first-order valence-electron chi connectivity index (χ1n) is 6.62. The lowest BCUT2D eigenvalue weighted by Crippen LogP contribution is -2.33. The smallest absolute Gasteiger partial charge is 0.337 e. The van der Waals surface area contributed by atoms with Gasteiger partial charge in [0.25, 0.3) is 5.91 Å². The van der Waals surface area contributed by atoms with Gasteiger partial charge < -0.3 is 14.7 Å². The number of likely N-dealkylation sites (N-methyl/N-ethyl adjacent to an activating group) is 1. The molecular formula is C15H20BrNO4. The van der Waals surface area contributed by atoms with Crippen LogP contribution < -0.4 is 0 Å². The molecule has 21 heavy (non-hydrogen) atoms. The maximum absolute atomic E-state index is 11.5. The van der Waals surface area contributed by atoms with Crippen molar-refractivity contribution in [3.8, 4) is 0 Å². The predicted molar refractivity (Wildman–Crippen MR) is 83.1 cm³/mol. The topological polar surface area (TPSA) is 66.8 Å². The number of methoxy groups -OCH3 is 1. The molecule has 0 aliphatic carbocycles. The molecule has 0 saturated carbocycles. The number of halogens is 1. The number of carbonyl (C=O) groups is 2. The lowest BCUT2D eigenvalue weighted by Gasteiger charge is -2.15. The second kappa shape index (κ2) is 8.14. The molecule has 0 bridgehead atoms. The lowest BCUT2D eigenvalue weighted by atomic mass is 10.0. The summed E-state index contributed by atoms with van der Waals surface area (Å²) in [6.45, 7) is 0. The van der Waals surface area contributed by atoms with Crippen LogP contribution in [0.1, 0.15) is 28.8 Å². The molecule has 1 N–H and O–H groups in total. The van der Waals surface area contributed by atoms with E-state index in [9.17, 15) is 14.7 Å². The van der Waals surface area contributed by atoms with Crippen molar-refractivity contribution < 1.29 is 19.4 Å². The molecule has 1 unspecified atom stereocenters. The minimum Gasteiger partial charge on any atom is -0.465 e. The third-order valence-electron chi connectivity index (χ3n) is 3.12. The maximum atomic E-state index is 11.5. The fourth-order valence-electron chi connectivity index (χ4n) is 1.90. The van der Waals surface area contributed by atoms with Crippen LogP contribution in [0, 0.1) is 0 Å². The number of aliphatic hydroxyl groups is 1. The standard InChI is InChI=1S/C15H20BrNO4/c1-17(2)14(19)13(18)6-4-5-10-7-8-11(9-12(10)16)15(20)21-3/h7-9,13,18H,4-6H2,1-3H3. The van der Waals surface area contributed by atoms with Gasteiger partial charge in [-0.25, -0.2) is 4.79 Å². The Bertz CT molecular complexity index is 516. The number of benzene rings is 1. The fraction of sp³-hybridized carbons (Fsp3) is 0.467. The van der Waals surface area contributed by atoms with Gasteiger partial charge in [-0.3, -0.25) is 4.79 Å². The first-order chi connectivity index (χ1) is 9.86. The van der Waals surface area contributed by atoms with Crippen molar-refractivity contribution in [2.45, 2.75) is 25.4 Å². The van der Waals surface area contributed by atoms with Gasteiger partial charge in [0.2, 0.25) is 0 Å². The van der Waals surface area contributed by atoms with Crippen LogP contribution in [0.2, 0.25) is 0 Å². The second-order valence-electron chi connectivity index (χ2n) is 4.94. The molecule has 6 heteroatoms. The van der Waals surface area contributed by atoms with E-state index < -0.39 is 6.10 Å². The molecule has 1 atom stereocenters. The van der Waals surface area contributed by atoms with E-state index in [-0.39, 0.29) is 11.9 Å². The minimum absolute atomic E-state index is 0.282. The van der Waals surface area contributed by atoms with Crippen molar-refractivity contribution >= 4 is 27.8 Å². The largest absolute Gasteiger partial charge is 0.465 e. The number of hydrogen-bond acceptors (Lipinski definition) is 4. The van der Waals surface area contributed by atoms with E-state index in [1.807, 2.05) is 6.07 Å². The Kier molecular flexibility index (Phi) is 6.84. The second-order valence-corrected chi connectivity index (χ2v) is 5.79. The summed E-state index contributed by atoms with van der Waals surface area (Å²) in [5.41, 5.74) is 1.50. The van der Waals surface area contributed by atoms with Crippen molar-refractivity contribution in [3.05, 3.63) is 33.8 Å². The van der Waals surface area contributed by atoms with Gasteiger partial charge in [0, 0.05) is 18.6 Å². The van der Waals surface area contributed by atoms with Crippen LogP contribution in [-0.4, -0.2) is 49.2 Å². The first kappa shape index (κ1) is 17.7. The summed E-state index contributed by atoms with van der Waals surface area (Å²) >= 11 is 3.42. The third-order valence-corrected chi connectivity index (χ3v) is 3.86. The average molecular weight is 358 g/mol. The number of aryl methyl sites for hydroxylation is 1. The molecule has 0 heterocycles. The van der Waals surface area contributed by atoms with E-state index in [0.717, 1.165) is 10.0 Å². The zero-order valence-corrected chi connectivity index (χ0v) is 14.0. The van der Waals surface area contributed by atoms with Crippen LogP contribution in [0.5, 0.6) is 0 Å². The molecule has 1 rings (SSSR count). The molecule has 116 valence electrons. The van der Waals surface area contributed by atoms with Gasteiger partial charge in [-0.1, -0.05) is 22.0 Å². The number of ether oxygens (including phenoxy) is 1. The Morgan fingerprint density at radius 3 is 2.57 bits per heavy atom. The van der Waals surface area contributed by atoms with Gasteiger partial charge >= 0.3 is 5.97 Å². The van der Waals surface area contributed by atoms with E-state index in [1.54, 1.807) is 26.2 Å². The van der Waals surface area contributed by atoms with Gasteiger partial charge in [0.05, 0.1) is 12.7 Å². The quantitative estimate of drug-likeness (QED) is 0.790. The van der Waals surface area contributed by atoms with Crippen LogP contribution >= 0.6 is 15.9 Å². The minimum atomic E-state index is -0.965. The summed E-state index contributed by atoms with van der Waals surface area (Å²) in [5.74, 6) is -0.663. The Morgan fingerprint density at radius 2 is 2.05 bits per heavy atom. The summed E-state index contributed by atoms with van der Waals surface area (Å²) < 4.78 is 5.48. The van der Waals surface area contributed by atoms with Crippen molar-refractivity contribution in [2.75, 3.05) is 21.2 Å². The number of rotatable bonds is 6. The number of nitrogens with zero attached hydrogens (tertiary/aromatic N) is 1. The number of aliphatic hydroxyl groups excluding tert-OH is 1. The highest BCUT2D eigenvalue weighted by Crippen LogP contribution is 2.21. The van der Waals surface area contributed by atoms with Gasteiger partial charge in [-0.05, 0) is 37.0 Å². The van der Waals surface area contributed by atoms with Crippen LogP contribution in [0.15, 0.2) is 22.7 Å². The average Bonchev–Trinajstić information content (AvgIpc) is 2.46. The highest BCUT2D eigenvalue weighted by Gasteiger charge is 2.16. The molecule has 0 aliphatic heterocycles. The molecule has 0 aromatic heterocycles. The van der Waals surface area contributed by atoms with Gasteiger partial charge in [-0.2, -0.15) is 0 Å². The lowest BCUT2D eigenvalue weighted by molar-refractivity contribution is -0.137. The number of esters is 1. The van der Waals surface area contributed by atoms with Crippen LogP contribution in [0.3, 0.4) is 0 Å². The monoisotopic (exact) mass is 357 g/mol. The Hall–Kier alpha value is -1.40. The van der Waals surface area contributed by atoms with Crippen molar-refractivity contribution in [3.63, 3.8) is 0 Å². The summed E-state index contributed by atoms with van der Waals surface area (Å²) in [6, 6.07) is 5.26. The molecule has 0 fully saturated rings.